The largest absolute Gasteiger partial charge is 0.493 e. The van der Waals surface area contributed by atoms with Crippen molar-refractivity contribution in [1.82, 2.24) is 9.55 Å². The molecule has 0 aliphatic heterocycles. The number of benzene rings is 3. The third-order valence-corrected chi connectivity index (χ3v) is 5.29. The van der Waals surface area contributed by atoms with Crippen molar-refractivity contribution in [2.45, 2.75) is 32.9 Å². The van der Waals surface area contributed by atoms with Crippen LogP contribution >= 0.6 is 0 Å². The zero-order valence-electron chi connectivity index (χ0n) is 18.1. The predicted molar refractivity (Wildman–Crippen MR) is 123 cm³/mol. The van der Waals surface area contributed by atoms with Crippen molar-refractivity contribution in [1.29, 1.82) is 0 Å². The Labute approximate surface area is 183 Å². The van der Waals surface area contributed by atoms with Crippen molar-refractivity contribution in [3.8, 4) is 17.2 Å². The normalized spacial score (nSPS) is 10.9. The molecule has 0 aliphatic rings. The molecule has 5 nitrogen and oxygen atoms in total. The van der Waals surface area contributed by atoms with E-state index < -0.39 is 0 Å². The van der Waals surface area contributed by atoms with E-state index >= 15 is 0 Å². The fourth-order valence-electron chi connectivity index (χ4n) is 3.64. The topological polar surface area (TPSA) is 45.5 Å². The van der Waals surface area contributed by atoms with Crippen molar-refractivity contribution >= 4 is 11.0 Å². The highest BCUT2D eigenvalue weighted by Gasteiger charge is 2.11. The van der Waals surface area contributed by atoms with Crippen LogP contribution in [0.15, 0.2) is 72.8 Å². The number of rotatable bonds is 10. The number of aromatic nitrogens is 2. The molecule has 4 aromatic rings. The molecular formula is C26H28N2O3. The molecule has 4 rings (SSSR count). The summed E-state index contributed by atoms with van der Waals surface area (Å²) >= 11 is 0. The van der Waals surface area contributed by atoms with Crippen LogP contribution in [0.1, 0.15) is 24.2 Å². The van der Waals surface area contributed by atoms with Crippen molar-refractivity contribution < 1.29 is 14.2 Å². The SMILES string of the molecule is COc1ccccc1OCCCCn1c(COc2ccccc2C)nc2ccccc21. The van der Waals surface area contributed by atoms with E-state index in [1.54, 1.807) is 7.11 Å². The second-order valence-corrected chi connectivity index (χ2v) is 7.43. The molecule has 1 aromatic heterocycles. The number of imidazole rings is 1. The molecule has 0 unspecified atom stereocenters. The number of aryl methyl sites for hydroxylation is 2. The van der Waals surface area contributed by atoms with Crippen LogP contribution in [0.2, 0.25) is 0 Å². The van der Waals surface area contributed by atoms with Gasteiger partial charge in [-0.3, -0.25) is 0 Å². The van der Waals surface area contributed by atoms with Crippen LogP contribution < -0.4 is 14.2 Å². The molecular weight excluding hydrogens is 388 g/mol. The molecule has 0 spiro atoms. The second-order valence-electron chi connectivity index (χ2n) is 7.43. The highest BCUT2D eigenvalue weighted by molar-refractivity contribution is 5.75. The number of para-hydroxylation sites is 5. The number of fused-ring (bicyclic) bond motifs is 1. The van der Waals surface area contributed by atoms with E-state index in [9.17, 15) is 0 Å². The third-order valence-electron chi connectivity index (χ3n) is 5.29. The van der Waals surface area contributed by atoms with Gasteiger partial charge in [-0.15, -0.1) is 0 Å². The summed E-state index contributed by atoms with van der Waals surface area (Å²) in [5, 5.41) is 0. The first-order valence-electron chi connectivity index (χ1n) is 10.6. The summed E-state index contributed by atoms with van der Waals surface area (Å²) < 4.78 is 19.6. The average Bonchev–Trinajstić information content (AvgIpc) is 3.16. The maximum atomic E-state index is 6.08. The van der Waals surface area contributed by atoms with Crippen molar-refractivity contribution in [3.05, 3.63) is 84.2 Å². The van der Waals surface area contributed by atoms with Gasteiger partial charge in [-0.25, -0.2) is 4.98 Å². The molecule has 3 aromatic carbocycles. The maximum Gasteiger partial charge on any atom is 0.161 e. The van der Waals surface area contributed by atoms with Crippen LogP contribution in [0.5, 0.6) is 17.2 Å². The Morgan fingerprint density at radius 3 is 2.29 bits per heavy atom. The Bertz CT molecular complexity index is 1140. The number of ether oxygens (including phenoxy) is 3. The Kier molecular flexibility index (Phi) is 6.72. The first-order chi connectivity index (χ1) is 15.3. The van der Waals surface area contributed by atoms with Gasteiger partial charge >= 0.3 is 0 Å². The maximum absolute atomic E-state index is 6.08. The lowest BCUT2D eigenvalue weighted by atomic mass is 10.2. The van der Waals surface area contributed by atoms with Crippen LogP contribution in [-0.4, -0.2) is 23.3 Å². The highest BCUT2D eigenvalue weighted by atomic mass is 16.5. The van der Waals surface area contributed by atoms with Gasteiger partial charge in [-0.1, -0.05) is 42.5 Å². The quantitative estimate of drug-likeness (QED) is 0.307. The Balaban J connectivity index is 1.39. The Morgan fingerprint density at radius 2 is 1.48 bits per heavy atom. The Hall–Kier alpha value is -3.47. The van der Waals surface area contributed by atoms with E-state index in [4.69, 9.17) is 19.2 Å². The molecule has 31 heavy (non-hydrogen) atoms. The first-order valence-corrected chi connectivity index (χ1v) is 10.6. The standard InChI is InChI=1S/C26H28N2O3/c1-20-11-3-6-14-23(20)31-19-26-27-21-12-4-5-13-22(21)28(26)17-9-10-18-30-25-16-8-7-15-24(25)29-2/h3-8,11-16H,9-10,17-19H2,1-2H3. The lowest BCUT2D eigenvalue weighted by molar-refractivity contribution is 0.277. The fourth-order valence-corrected chi connectivity index (χ4v) is 3.64. The van der Waals surface area contributed by atoms with Gasteiger partial charge in [0.2, 0.25) is 0 Å². The van der Waals surface area contributed by atoms with Crippen LogP contribution in [-0.2, 0) is 13.2 Å². The van der Waals surface area contributed by atoms with E-state index in [1.807, 2.05) is 54.6 Å². The van der Waals surface area contributed by atoms with Crippen LogP contribution in [0, 0.1) is 6.92 Å². The van der Waals surface area contributed by atoms with Crippen molar-refractivity contribution in [3.63, 3.8) is 0 Å². The second kappa shape index (κ2) is 10.0. The molecule has 0 amide bonds. The van der Waals surface area contributed by atoms with E-state index in [2.05, 4.69) is 29.7 Å². The smallest absolute Gasteiger partial charge is 0.161 e. The van der Waals surface area contributed by atoms with E-state index in [0.717, 1.165) is 59.1 Å². The van der Waals surface area contributed by atoms with Crippen molar-refractivity contribution in [2.75, 3.05) is 13.7 Å². The molecule has 1 heterocycles. The van der Waals surface area contributed by atoms with Gasteiger partial charge in [-0.05, 0) is 55.7 Å². The summed E-state index contributed by atoms with van der Waals surface area (Å²) in [5.74, 6) is 3.38. The van der Waals surface area contributed by atoms with E-state index in [1.165, 1.54) is 0 Å². The fraction of sp³-hybridized carbons (Fsp3) is 0.269. The molecule has 0 N–H and O–H groups in total. The number of unbranched alkanes of at least 4 members (excludes halogenated alkanes) is 1. The minimum atomic E-state index is 0.442. The lowest BCUT2D eigenvalue weighted by Crippen LogP contribution is -2.09. The van der Waals surface area contributed by atoms with Gasteiger partial charge in [0.1, 0.15) is 18.2 Å². The number of nitrogens with zero attached hydrogens (tertiary/aromatic N) is 2. The van der Waals surface area contributed by atoms with Gasteiger partial charge < -0.3 is 18.8 Å². The summed E-state index contributed by atoms with van der Waals surface area (Å²) in [6.07, 6.45) is 1.91. The molecule has 0 saturated carbocycles. The minimum absolute atomic E-state index is 0.442. The molecule has 0 bridgehead atoms. The zero-order chi connectivity index (χ0) is 21.5. The monoisotopic (exact) mass is 416 g/mol. The molecule has 160 valence electrons. The van der Waals surface area contributed by atoms with E-state index in [-0.39, 0.29) is 0 Å². The lowest BCUT2D eigenvalue weighted by Gasteiger charge is -2.13. The minimum Gasteiger partial charge on any atom is -0.493 e. The van der Waals surface area contributed by atoms with Gasteiger partial charge in [0, 0.05) is 6.54 Å². The predicted octanol–water partition coefficient (Wildman–Crippen LogP) is 5.79. The summed E-state index contributed by atoms with van der Waals surface area (Å²) in [6, 6.07) is 24.0. The molecule has 0 saturated heterocycles. The summed E-state index contributed by atoms with van der Waals surface area (Å²) in [6.45, 7) is 4.00. The summed E-state index contributed by atoms with van der Waals surface area (Å²) in [4.78, 5) is 4.82. The summed E-state index contributed by atoms with van der Waals surface area (Å²) in [7, 11) is 1.66. The average molecular weight is 417 g/mol. The number of methoxy groups -OCH3 is 1. The van der Waals surface area contributed by atoms with Crippen LogP contribution in [0.25, 0.3) is 11.0 Å². The van der Waals surface area contributed by atoms with Gasteiger partial charge in [0.25, 0.3) is 0 Å². The Morgan fingerprint density at radius 1 is 0.774 bits per heavy atom. The molecule has 0 aliphatic carbocycles. The highest BCUT2D eigenvalue weighted by Crippen LogP contribution is 2.26. The third kappa shape index (κ3) is 5.00. The van der Waals surface area contributed by atoms with E-state index in [0.29, 0.717) is 13.2 Å². The molecule has 0 radical (unpaired) electrons. The van der Waals surface area contributed by atoms with Crippen molar-refractivity contribution in [2.24, 2.45) is 0 Å². The number of hydrogen-bond acceptors (Lipinski definition) is 4. The van der Waals surface area contributed by atoms with Crippen LogP contribution in [0.4, 0.5) is 0 Å². The molecule has 0 fully saturated rings. The number of hydrogen-bond donors (Lipinski definition) is 0. The van der Waals surface area contributed by atoms with Crippen LogP contribution in [0.3, 0.4) is 0 Å². The van der Waals surface area contributed by atoms with Gasteiger partial charge in [0.15, 0.2) is 11.5 Å². The van der Waals surface area contributed by atoms with Gasteiger partial charge in [-0.2, -0.15) is 0 Å². The summed E-state index contributed by atoms with van der Waals surface area (Å²) in [5.41, 5.74) is 3.26. The zero-order valence-corrected chi connectivity index (χ0v) is 18.1. The van der Waals surface area contributed by atoms with Gasteiger partial charge in [0.05, 0.1) is 24.8 Å². The first kappa shape index (κ1) is 20.8. The molecule has 0 atom stereocenters. The molecule has 5 heteroatoms.